The zero-order valence-electron chi connectivity index (χ0n) is 16.6. The van der Waals surface area contributed by atoms with Crippen molar-refractivity contribution in [3.63, 3.8) is 0 Å². The second-order valence-electron chi connectivity index (χ2n) is 7.78. The molecule has 3 rings (SSSR count). The van der Waals surface area contributed by atoms with E-state index in [0.717, 1.165) is 30.6 Å². The van der Waals surface area contributed by atoms with E-state index in [0.29, 0.717) is 11.3 Å². The van der Waals surface area contributed by atoms with Gasteiger partial charge in [0.2, 0.25) is 5.91 Å². The Morgan fingerprint density at radius 3 is 2.36 bits per heavy atom. The minimum Gasteiger partial charge on any atom is -0.497 e. The molecule has 1 aromatic carbocycles. The molecule has 0 aromatic heterocycles. The van der Waals surface area contributed by atoms with Gasteiger partial charge in [-0.1, -0.05) is 44.2 Å². The number of hydrogen-bond donors (Lipinski definition) is 2. The fraction of sp³-hybridized carbons (Fsp3) is 0.571. The molecule has 152 valence electrons. The monoisotopic (exact) mass is 387 g/mol. The van der Waals surface area contributed by atoms with E-state index in [4.69, 9.17) is 4.74 Å². The van der Waals surface area contributed by atoms with Gasteiger partial charge in [-0.15, -0.1) is 0 Å². The van der Waals surface area contributed by atoms with Crippen molar-refractivity contribution in [3.05, 3.63) is 29.8 Å². The molecule has 2 aliphatic rings. The van der Waals surface area contributed by atoms with Gasteiger partial charge >= 0.3 is 6.03 Å². The smallest absolute Gasteiger partial charge is 0.325 e. The fourth-order valence-corrected chi connectivity index (χ4v) is 3.98. The molecule has 4 amide bonds. The summed E-state index contributed by atoms with van der Waals surface area (Å²) in [5, 5.41) is 5.74. The SMILES string of the molecule is COc1ccc(C2(C)NC(=O)N(CC(=O)NC3CCCCCCC3)C2=O)cc1. The minimum atomic E-state index is -1.19. The average molecular weight is 387 g/mol. The molecule has 1 heterocycles. The van der Waals surface area contributed by atoms with E-state index in [1.54, 1.807) is 38.3 Å². The van der Waals surface area contributed by atoms with Gasteiger partial charge in [-0.3, -0.25) is 14.5 Å². The predicted molar refractivity (Wildman–Crippen MR) is 105 cm³/mol. The highest BCUT2D eigenvalue weighted by Crippen LogP contribution is 2.30. The van der Waals surface area contributed by atoms with E-state index in [1.807, 2.05) is 0 Å². The summed E-state index contributed by atoms with van der Waals surface area (Å²) in [6.07, 6.45) is 7.75. The highest BCUT2D eigenvalue weighted by Gasteiger charge is 2.49. The highest BCUT2D eigenvalue weighted by molar-refractivity contribution is 6.09. The number of benzene rings is 1. The summed E-state index contributed by atoms with van der Waals surface area (Å²) in [4.78, 5) is 38.9. The molecule has 1 saturated carbocycles. The van der Waals surface area contributed by atoms with Crippen molar-refractivity contribution < 1.29 is 19.1 Å². The third-order valence-corrected chi connectivity index (χ3v) is 5.71. The second kappa shape index (κ2) is 8.63. The molecular weight excluding hydrogens is 358 g/mol. The molecule has 1 aliphatic heterocycles. The minimum absolute atomic E-state index is 0.126. The van der Waals surface area contributed by atoms with Crippen LogP contribution in [0.25, 0.3) is 0 Å². The Morgan fingerprint density at radius 2 is 1.75 bits per heavy atom. The summed E-state index contributed by atoms with van der Waals surface area (Å²) < 4.78 is 5.14. The van der Waals surface area contributed by atoms with E-state index in [-0.39, 0.29) is 18.5 Å². The Balaban J connectivity index is 1.64. The number of methoxy groups -OCH3 is 1. The molecule has 0 spiro atoms. The quantitative estimate of drug-likeness (QED) is 0.761. The molecule has 1 unspecified atom stereocenters. The summed E-state index contributed by atoms with van der Waals surface area (Å²) in [5.41, 5.74) is -0.543. The van der Waals surface area contributed by atoms with Crippen molar-refractivity contribution in [1.82, 2.24) is 15.5 Å². The molecule has 0 radical (unpaired) electrons. The van der Waals surface area contributed by atoms with Crippen molar-refractivity contribution >= 4 is 17.8 Å². The van der Waals surface area contributed by atoms with Gasteiger partial charge in [0.1, 0.15) is 17.8 Å². The van der Waals surface area contributed by atoms with Gasteiger partial charge in [-0.05, 0) is 37.5 Å². The Kier molecular flexibility index (Phi) is 6.21. The number of carbonyl (C=O) groups excluding carboxylic acids is 3. The number of imide groups is 1. The lowest BCUT2D eigenvalue weighted by Crippen LogP contribution is -2.45. The van der Waals surface area contributed by atoms with Crippen LogP contribution in [0.3, 0.4) is 0 Å². The zero-order chi connectivity index (χ0) is 20.1. The summed E-state index contributed by atoms with van der Waals surface area (Å²) >= 11 is 0. The van der Waals surface area contributed by atoms with Crippen LogP contribution in [0.5, 0.6) is 5.75 Å². The molecule has 28 heavy (non-hydrogen) atoms. The summed E-state index contributed by atoms with van der Waals surface area (Å²) in [7, 11) is 1.57. The molecule has 7 nitrogen and oxygen atoms in total. The Hall–Kier alpha value is -2.57. The third kappa shape index (κ3) is 4.29. The van der Waals surface area contributed by atoms with Crippen LogP contribution < -0.4 is 15.4 Å². The van der Waals surface area contributed by atoms with Gasteiger partial charge in [0, 0.05) is 6.04 Å². The maximum Gasteiger partial charge on any atom is 0.325 e. The van der Waals surface area contributed by atoms with Gasteiger partial charge in [-0.2, -0.15) is 0 Å². The standard InChI is InChI=1S/C21H29N3O4/c1-21(15-10-12-17(28-2)13-11-15)19(26)24(20(27)23-21)14-18(25)22-16-8-6-4-3-5-7-9-16/h10-13,16H,3-9,14H2,1-2H3,(H,22,25)(H,23,27). The number of urea groups is 1. The van der Waals surface area contributed by atoms with Gasteiger partial charge in [-0.25, -0.2) is 4.79 Å². The van der Waals surface area contributed by atoms with Crippen LogP contribution in [0.15, 0.2) is 24.3 Å². The lowest BCUT2D eigenvalue weighted by Gasteiger charge is -2.23. The molecule has 0 bridgehead atoms. The fourth-order valence-electron chi connectivity index (χ4n) is 3.98. The topological polar surface area (TPSA) is 87.7 Å². The number of ether oxygens (including phenoxy) is 1. The van der Waals surface area contributed by atoms with Crippen LogP contribution in [0.1, 0.15) is 57.4 Å². The van der Waals surface area contributed by atoms with E-state index in [1.165, 1.54) is 19.3 Å². The predicted octanol–water partition coefficient (Wildman–Crippen LogP) is 2.69. The van der Waals surface area contributed by atoms with Crippen LogP contribution in [0.4, 0.5) is 4.79 Å². The highest BCUT2D eigenvalue weighted by atomic mass is 16.5. The first-order valence-electron chi connectivity index (χ1n) is 10.0. The number of carbonyl (C=O) groups is 3. The van der Waals surface area contributed by atoms with Crippen LogP contribution >= 0.6 is 0 Å². The molecule has 1 atom stereocenters. The van der Waals surface area contributed by atoms with Gasteiger partial charge < -0.3 is 15.4 Å². The summed E-state index contributed by atoms with van der Waals surface area (Å²) in [6, 6.07) is 6.55. The van der Waals surface area contributed by atoms with Crippen LogP contribution in [0, 0.1) is 0 Å². The molecule has 1 saturated heterocycles. The summed E-state index contributed by atoms with van der Waals surface area (Å²) in [5.74, 6) is -0.0388. The molecule has 2 fully saturated rings. The molecule has 1 aliphatic carbocycles. The Bertz CT molecular complexity index is 726. The first kappa shape index (κ1) is 20.2. The van der Waals surface area contributed by atoms with Crippen LogP contribution in [-0.2, 0) is 15.1 Å². The van der Waals surface area contributed by atoms with E-state index in [2.05, 4.69) is 10.6 Å². The number of amides is 4. The maximum absolute atomic E-state index is 13.0. The van der Waals surface area contributed by atoms with Crippen molar-refractivity contribution in [2.45, 2.75) is 63.5 Å². The summed E-state index contributed by atoms with van der Waals surface area (Å²) in [6.45, 7) is 1.40. The average Bonchev–Trinajstić information content (AvgIpc) is 2.88. The normalized spacial score (nSPS) is 23.7. The van der Waals surface area contributed by atoms with Crippen LogP contribution in [0.2, 0.25) is 0 Å². The van der Waals surface area contributed by atoms with E-state index >= 15 is 0 Å². The van der Waals surface area contributed by atoms with Gasteiger partial charge in [0.15, 0.2) is 0 Å². The van der Waals surface area contributed by atoms with Crippen LogP contribution in [-0.4, -0.2) is 42.4 Å². The lowest BCUT2D eigenvalue weighted by molar-refractivity contribution is -0.135. The number of nitrogens with zero attached hydrogens (tertiary/aromatic N) is 1. The van der Waals surface area contributed by atoms with Crippen molar-refractivity contribution in [3.8, 4) is 5.75 Å². The first-order chi connectivity index (χ1) is 13.4. The Labute approximate surface area is 165 Å². The lowest BCUT2D eigenvalue weighted by atomic mass is 9.92. The van der Waals surface area contributed by atoms with Gasteiger partial charge in [0.25, 0.3) is 5.91 Å². The van der Waals surface area contributed by atoms with Crippen molar-refractivity contribution in [1.29, 1.82) is 0 Å². The van der Waals surface area contributed by atoms with E-state index < -0.39 is 17.5 Å². The molecular formula is C21H29N3O4. The van der Waals surface area contributed by atoms with Gasteiger partial charge in [0.05, 0.1) is 7.11 Å². The zero-order valence-corrected chi connectivity index (χ0v) is 16.6. The largest absolute Gasteiger partial charge is 0.497 e. The molecule has 1 aromatic rings. The molecule has 7 heteroatoms. The number of nitrogens with one attached hydrogen (secondary N) is 2. The number of hydrogen-bond acceptors (Lipinski definition) is 4. The number of rotatable bonds is 5. The van der Waals surface area contributed by atoms with Crippen molar-refractivity contribution in [2.24, 2.45) is 0 Å². The van der Waals surface area contributed by atoms with Crippen molar-refractivity contribution in [2.75, 3.05) is 13.7 Å². The third-order valence-electron chi connectivity index (χ3n) is 5.71. The second-order valence-corrected chi connectivity index (χ2v) is 7.78. The first-order valence-corrected chi connectivity index (χ1v) is 10.0. The Morgan fingerprint density at radius 1 is 1.14 bits per heavy atom. The molecule has 2 N–H and O–H groups in total. The maximum atomic E-state index is 13.0. The van der Waals surface area contributed by atoms with E-state index in [9.17, 15) is 14.4 Å².